The van der Waals surface area contributed by atoms with Gasteiger partial charge in [0.15, 0.2) is 0 Å². The molecule has 0 spiro atoms. The maximum absolute atomic E-state index is 12.4. The molecular formula is C18H26N4O3. The highest BCUT2D eigenvalue weighted by atomic mass is 16.5. The van der Waals surface area contributed by atoms with Crippen LogP contribution in [-0.4, -0.2) is 61.8 Å². The van der Waals surface area contributed by atoms with E-state index in [0.717, 1.165) is 24.5 Å². The molecule has 2 saturated heterocycles. The van der Waals surface area contributed by atoms with Gasteiger partial charge in [-0.1, -0.05) is 12.1 Å². The molecule has 2 heterocycles. The summed E-state index contributed by atoms with van der Waals surface area (Å²) in [6.45, 7) is 7.53. The van der Waals surface area contributed by atoms with E-state index in [4.69, 9.17) is 4.74 Å². The van der Waals surface area contributed by atoms with E-state index in [0.29, 0.717) is 26.2 Å². The molecule has 0 bridgehead atoms. The number of rotatable bonds is 4. The lowest BCUT2D eigenvalue weighted by atomic mass is 10.2. The molecule has 136 valence electrons. The maximum Gasteiger partial charge on any atom is 0.319 e. The highest BCUT2D eigenvalue weighted by Crippen LogP contribution is 2.26. The van der Waals surface area contributed by atoms with Gasteiger partial charge in [0.1, 0.15) is 0 Å². The molecule has 2 fully saturated rings. The lowest BCUT2D eigenvalue weighted by Gasteiger charge is -2.30. The second-order valence-corrected chi connectivity index (χ2v) is 6.76. The summed E-state index contributed by atoms with van der Waals surface area (Å²) >= 11 is 0. The Labute approximate surface area is 148 Å². The molecule has 25 heavy (non-hydrogen) atoms. The number of benzene rings is 1. The Balaban J connectivity index is 1.61. The number of hydrogen-bond donors (Lipinski definition) is 2. The van der Waals surface area contributed by atoms with Gasteiger partial charge in [0.05, 0.1) is 30.6 Å². The highest BCUT2D eigenvalue weighted by Gasteiger charge is 2.32. The molecular weight excluding hydrogens is 320 g/mol. The van der Waals surface area contributed by atoms with Gasteiger partial charge in [0.2, 0.25) is 5.91 Å². The molecule has 0 saturated carbocycles. The normalized spacial score (nSPS) is 20.9. The van der Waals surface area contributed by atoms with Gasteiger partial charge in [0.25, 0.3) is 0 Å². The summed E-state index contributed by atoms with van der Waals surface area (Å²) in [6.07, 6.45) is 0.358. The third-order valence-electron chi connectivity index (χ3n) is 4.62. The third-order valence-corrected chi connectivity index (χ3v) is 4.62. The summed E-state index contributed by atoms with van der Waals surface area (Å²) in [4.78, 5) is 28.4. The smallest absolute Gasteiger partial charge is 0.319 e. The lowest BCUT2D eigenvalue weighted by molar-refractivity contribution is -0.129. The Morgan fingerprint density at radius 1 is 1.24 bits per heavy atom. The van der Waals surface area contributed by atoms with E-state index >= 15 is 0 Å². The average Bonchev–Trinajstić information content (AvgIpc) is 2.96. The Morgan fingerprint density at radius 3 is 2.64 bits per heavy atom. The summed E-state index contributed by atoms with van der Waals surface area (Å²) in [5.74, 6) is 0.0917. The second-order valence-electron chi connectivity index (χ2n) is 6.76. The molecule has 1 atom stereocenters. The zero-order valence-corrected chi connectivity index (χ0v) is 14.8. The van der Waals surface area contributed by atoms with Crippen LogP contribution in [0.25, 0.3) is 0 Å². The molecule has 1 aromatic carbocycles. The number of carbonyl (C=O) groups excluding carboxylic acids is 2. The van der Waals surface area contributed by atoms with Crippen LogP contribution in [0, 0.1) is 0 Å². The van der Waals surface area contributed by atoms with E-state index in [1.165, 1.54) is 0 Å². The molecule has 7 heteroatoms. The van der Waals surface area contributed by atoms with Gasteiger partial charge in [-0.3, -0.25) is 4.79 Å². The molecule has 0 aliphatic carbocycles. The van der Waals surface area contributed by atoms with E-state index in [1.54, 1.807) is 4.90 Å². The number of urea groups is 1. The van der Waals surface area contributed by atoms with Gasteiger partial charge < -0.3 is 25.2 Å². The van der Waals surface area contributed by atoms with Crippen molar-refractivity contribution < 1.29 is 14.3 Å². The van der Waals surface area contributed by atoms with Gasteiger partial charge >= 0.3 is 6.03 Å². The Bertz CT molecular complexity index is 629. The Morgan fingerprint density at radius 2 is 1.96 bits per heavy atom. The van der Waals surface area contributed by atoms with Crippen LogP contribution in [-0.2, 0) is 9.53 Å². The van der Waals surface area contributed by atoms with Crippen LogP contribution in [0.5, 0.6) is 0 Å². The largest absolute Gasteiger partial charge is 0.378 e. The lowest BCUT2D eigenvalue weighted by Crippen LogP contribution is -2.41. The summed E-state index contributed by atoms with van der Waals surface area (Å²) in [5.41, 5.74) is 1.76. The molecule has 2 N–H and O–H groups in total. The van der Waals surface area contributed by atoms with Crippen LogP contribution in [0.1, 0.15) is 20.3 Å². The number of anilines is 2. The maximum atomic E-state index is 12.4. The minimum atomic E-state index is -0.274. The first kappa shape index (κ1) is 17.5. The van der Waals surface area contributed by atoms with E-state index in [2.05, 4.69) is 15.5 Å². The fourth-order valence-corrected chi connectivity index (χ4v) is 3.33. The number of amides is 3. The monoisotopic (exact) mass is 346 g/mol. The van der Waals surface area contributed by atoms with E-state index < -0.39 is 0 Å². The third kappa shape index (κ3) is 4.22. The van der Waals surface area contributed by atoms with Crippen molar-refractivity contribution in [3.05, 3.63) is 24.3 Å². The minimum absolute atomic E-state index is 0.0917. The van der Waals surface area contributed by atoms with Crippen molar-refractivity contribution in [2.75, 3.05) is 43.1 Å². The summed E-state index contributed by atoms with van der Waals surface area (Å²) in [7, 11) is 0. The molecule has 7 nitrogen and oxygen atoms in total. The van der Waals surface area contributed by atoms with Crippen molar-refractivity contribution >= 4 is 23.3 Å². The molecule has 1 aromatic rings. The predicted molar refractivity (Wildman–Crippen MR) is 96.9 cm³/mol. The molecule has 2 aliphatic heterocycles. The SMILES string of the molecule is CC(C)N1CC(NC(=O)Nc2ccccc2N2CCOCC2)CC1=O. The van der Waals surface area contributed by atoms with Crippen LogP contribution in [0.3, 0.4) is 0 Å². The predicted octanol–water partition coefficient (Wildman–Crippen LogP) is 1.65. The van der Waals surface area contributed by atoms with Crippen molar-refractivity contribution in [3.63, 3.8) is 0 Å². The molecule has 0 radical (unpaired) electrons. The molecule has 1 unspecified atom stereocenters. The van der Waals surface area contributed by atoms with Crippen molar-refractivity contribution in [3.8, 4) is 0 Å². The van der Waals surface area contributed by atoms with E-state index in [1.807, 2.05) is 38.1 Å². The second kappa shape index (κ2) is 7.74. The van der Waals surface area contributed by atoms with Crippen molar-refractivity contribution in [1.29, 1.82) is 0 Å². The number of hydrogen-bond acceptors (Lipinski definition) is 4. The zero-order valence-electron chi connectivity index (χ0n) is 14.8. The van der Waals surface area contributed by atoms with Gasteiger partial charge in [-0.25, -0.2) is 4.79 Å². The molecule has 3 rings (SSSR count). The van der Waals surface area contributed by atoms with E-state index in [-0.39, 0.29) is 24.0 Å². The van der Waals surface area contributed by atoms with Crippen LogP contribution in [0.4, 0.5) is 16.2 Å². The quantitative estimate of drug-likeness (QED) is 0.869. The van der Waals surface area contributed by atoms with Crippen LogP contribution < -0.4 is 15.5 Å². The van der Waals surface area contributed by atoms with Gasteiger partial charge in [0, 0.05) is 32.1 Å². The zero-order chi connectivity index (χ0) is 17.8. The number of ether oxygens (including phenoxy) is 1. The van der Waals surface area contributed by atoms with E-state index in [9.17, 15) is 9.59 Å². The fraction of sp³-hybridized carbons (Fsp3) is 0.556. The molecule has 2 aliphatic rings. The van der Waals surface area contributed by atoms with Crippen molar-refractivity contribution in [1.82, 2.24) is 10.2 Å². The average molecular weight is 346 g/mol. The van der Waals surface area contributed by atoms with Crippen LogP contribution >= 0.6 is 0 Å². The number of para-hydroxylation sites is 2. The number of nitrogens with one attached hydrogen (secondary N) is 2. The molecule has 0 aromatic heterocycles. The standard InChI is InChI=1S/C18H26N4O3/c1-13(2)22-12-14(11-17(22)23)19-18(24)20-15-5-3-4-6-16(15)21-7-9-25-10-8-21/h3-6,13-14H,7-12H2,1-2H3,(H2,19,20,24). The summed E-state index contributed by atoms with van der Waals surface area (Å²) in [5, 5.41) is 5.85. The Kier molecular flexibility index (Phi) is 5.43. The van der Waals surface area contributed by atoms with Gasteiger partial charge in [-0.2, -0.15) is 0 Å². The molecule has 3 amide bonds. The van der Waals surface area contributed by atoms with Gasteiger partial charge in [-0.15, -0.1) is 0 Å². The van der Waals surface area contributed by atoms with Crippen molar-refractivity contribution in [2.24, 2.45) is 0 Å². The summed E-state index contributed by atoms with van der Waals surface area (Å²) in [6, 6.07) is 7.49. The summed E-state index contributed by atoms with van der Waals surface area (Å²) < 4.78 is 5.39. The van der Waals surface area contributed by atoms with Crippen molar-refractivity contribution in [2.45, 2.75) is 32.4 Å². The van der Waals surface area contributed by atoms with Crippen LogP contribution in [0.15, 0.2) is 24.3 Å². The fourth-order valence-electron chi connectivity index (χ4n) is 3.33. The number of carbonyl (C=O) groups is 2. The van der Waals surface area contributed by atoms with Crippen LogP contribution in [0.2, 0.25) is 0 Å². The van der Waals surface area contributed by atoms with Gasteiger partial charge in [-0.05, 0) is 26.0 Å². The number of nitrogens with zero attached hydrogens (tertiary/aromatic N) is 2. The topological polar surface area (TPSA) is 73.9 Å². The highest BCUT2D eigenvalue weighted by molar-refractivity contribution is 5.94. The Hall–Kier alpha value is -2.28. The number of likely N-dealkylation sites (tertiary alicyclic amines) is 1. The first-order chi connectivity index (χ1) is 12.0. The first-order valence-electron chi connectivity index (χ1n) is 8.83. The first-order valence-corrected chi connectivity index (χ1v) is 8.83. The number of morpholine rings is 1. The minimum Gasteiger partial charge on any atom is -0.378 e.